The van der Waals surface area contributed by atoms with Crippen LogP contribution in [-0.2, 0) is 26.1 Å². The Hall–Kier alpha value is -2.99. The minimum absolute atomic E-state index is 0.209. The van der Waals surface area contributed by atoms with Crippen LogP contribution in [0.1, 0.15) is 30.5 Å². The molecule has 0 bridgehead atoms. The molecule has 0 aromatic heterocycles. The number of carbonyl (C=O) groups excluding carboxylic acids is 3. The van der Waals surface area contributed by atoms with Gasteiger partial charge in [-0.25, -0.2) is 4.79 Å². The second kappa shape index (κ2) is 13.4. The molecule has 3 N–H and O–H groups in total. The summed E-state index contributed by atoms with van der Waals surface area (Å²) in [5, 5.41) is 6.14. The topological polar surface area (TPSA) is 142 Å². The number of urea groups is 1. The Morgan fingerprint density at radius 1 is 1.19 bits per heavy atom. The van der Waals surface area contributed by atoms with Crippen LogP contribution in [0.2, 0.25) is 5.02 Å². The molecule has 0 spiro atoms. The third-order valence-corrected chi connectivity index (χ3v) is 6.67. The fourth-order valence-electron chi connectivity index (χ4n) is 3.75. The molecule has 2 aromatic rings. The first-order chi connectivity index (χ1) is 17.0. The molecule has 0 radical (unpaired) electrons. The monoisotopic (exact) mass is 539 g/mol. The van der Waals surface area contributed by atoms with Gasteiger partial charge in [-0.2, -0.15) is 8.42 Å². The summed E-state index contributed by atoms with van der Waals surface area (Å²) < 4.78 is 37.1. The zero-order valence-corrected chi connectivity index (χ0v) is 21.8. The quantitative estimate of drug-likeness (QED) is 0.276. The number of hydrogen-bond acceptors (Lipinski definition) is 7. The molecule has 3 amide bonds. The van der Waals surface area contributed by atoms with Crippen LogP contribution in [0.15, 0.2) is 47.4 Å². The molecule has 0 saturated carbocycles. The number of halogens is 1. The summed E-state index contributed by atoms with van der Waals surface area (Å²) in [6.07, 6.45) is 1.09. The third-order valence-electron chi connectivity index (χ3n) is 5.56. The first kappa shape index (κ1) is 29.2. The van der Waals surface area contributed by atoms with Crippen molar-refractivity contribution in [3.05, 3.63) is 58.6 Å². The van der Waals surface area contributed by atoms with Crippen LogP contribution in [-0.4, -0.2) is 63.3 Å². The van der Waals surface area contributed by atoms with Crippen LogP contribution in [0.5, 0.6) is 5.75 Å². The lowest BCUT2D eigenvalue weighted by molar-refractivity contribution is -0.133. The molecular weight excluding hydrogens is 510 g/mol. The summed E-state index contributed by atoms with van der Waals surface area (Å²) in [5.74, 6) is -0.728. The van der Waals surface area contributed by atoms with Gasteiger partial charge in [0.15, 0.2) is 0 Å². The Balaban J connectivity index is 2.27. The van der Waals surface area contributed by atoms with Crippen molar-refractivity contribution < 1.29 is 32.1 Å². The Kier molecular flexibility index (Phi) is 10.8. The van der Waals surface area contributed by atoms with Gasteiger partial charge in [0, 0.05) is 11.6 Å². The van der Waals surface area contributed by atoms with Gasteiger partial charge in [-0.05, 0) is 61.3 Å². The van der Waals surface area contributed by atoms with Crippen LogP contribution in [0.25, 0.3) is 0 Å². The first-order valence-electron chi connectivity index (χ1n) is 11.2. The lowest BCUT2D eigenvalue weighted by atomic mass is 9.97. The Morgan fingerprint density at radius 3 is 2.39 bits per heavy atom. The highest BCUT2D eigenvalue weighted by Crippen LogP contribution is 2.26. The smallest absolute Gasteiger partial charge is 0.324 e. The molecule has 0 unspecified atom stereocenters. The highest BCUT2D eigenvalue weighted by Gasteiger charge is 2.30. The van der Waals surface area contributed by atoms with Gasteiger partial charge in [0.2, 0.25) is 5.91 Å². The van der Waals surface area contributed by atoms with Gasteiger partial charge in [0.05, 0.1) is 30.5 Å². The lowest BCUT2D eigenvalue weighted by Crippen LogP contribution is -2.49. The number of aldehydes is 1. The van der Waals surface area contributed by atoms with Gasteiger partial charge in [0.25, 0.3) is 10.1 Å². The summed E-state index contributed by atoms with van der Waals surface area (Å²) in [6.45, 7) is 1.57. The normalized spacial score (nSPS) is 12.9. The van der Waals surface area contributed by atoms with E-state index in [0.717, 1.165) is 4.90 Å². The van der Waals surface area contributed by atoms with E-state index in [1.54, 1.807) is 32.2 Å². The molecular formula is C24H30ClN3O7S. The van der Waals surface area contributed by atoms with Gasteiger partial charge in [-0.1, -0.05) is 30.7 Å². The van der Waals surface area contributed by atoms with Gasteiger partial charge >= 0.3 is 6.03 Å². The molecule has 196 valence electrons. The maximum atomic E-state index is 13.4. The predicted octanol–water partition coefficient (Wildman–Crippen LogP) is 2.86. The van der Waals surface area contributed by atoms with E-state index in [9.17, 15) is 22.8 Å². The van der Waals surface area contributed by atoms with Crippen molar-refractivity contribution in [3.8, 4) is 5.75 Å². The van der Waals surface area contributed by atoms with E-state index in [2.05, 4.69) is 10.6 Å². The molecule has 0 aliphatic heterocycles. The molecule has 36 heavy (non-hydrogen) atoms. The van der Waals surface area contributed by atoms with Crippen LogP contribution in [0, 0.1) is 5.92 Å². The second-order valence-electron chi connectivity index (χ2n) is 7.98. The standard InChI is InChI=1S/C24H30ClN3O7S/c1-4-21(16-5-8-20(9-6-16)36(32,33)34)27-24(31)28(11-12-29)23(30)18(15-26-2)13-17-14-19(25)7-10-22(17)35-3/h5-10,12,14,18,21,26H,4,11,13,15H2,1-3H3,(H,27,31)(H,32,33,34)/t18-,21-/m1/s1. The Labute approximate surface area is 215 Å². The molecule has 0 aliphatic rings. The summed E-state index contributed by atoms with van der Waals surface area (Å²) in [5.41, 5.74) is 1.24. The second-order valence-corrected chi connectivity index (χ2v) is 9.84. The highest BCUT2D eigenvalue weighted by atomic mass is 35.5. The van der Waals surface area contributed by atoms with E-state index in [4.69, 9.17) is 20.9 Å². The van der Waals surface area contributed by atoms with Crippen molar-refractivity contribution in [2.45, 2.75) is 30.7 Å². The third kappa shape index (κ3) is 7.76. The Bertz CT molecular complexity index is 1170. The van der Waals surface area contributed by atoms with Gasteiger partial charge in [-0.15, -0.1) is 0 Å². The van der Waals surface area contributed by atoms with Crippen molar-refractivity contribution in [3.63, 3.8) is 0 Å². The number of amides is 3. The molecule has 2 atom stereocenters. The number of imide groups is 1. The van der Waals surface area contributed by atoms with Crippen LogP contribution in [0.3, 0.4) is 0 Å². The molecule has 0 fully saturated rings. The Morgan fingerprint density at radius 2 is 1.86 bits per heavy atom. The predicted molar refractivity (Wildman–Crippen MR) is 135 cm³/mol. The molecule has 0 aliphatic carbocycles. The number of carbonyl (C=O) groups is 3. The van der Waals surface area contributed by atoms with Gasteiger partial charge in [-0.3, -0.25) is 14.2 Å². The van der Waals surface area contributed by atoms with E-state index < -0.39 is 40.6 Å². The molecule has 0 saturated heterocycles. The van der Waals surface area contributed by atoms with Crippen molar-refractivity contribution in [2.24, 2.45) is 5.92 Å². The SMILES string of the molecule is CC[C@@H](NC(=O)N(CC=O)C(=O)[C@@H](CNC)Cc1cc(Cl)ccc1OC)c1ccc(S(=O)(=O)O)cc1. The number of benzene rings is 2. The van der Waals surface area contributed by atoms with Crippen molar-refractivity contribution in [1.29, 1.82) is 0 Å². The van der Waals surface area contributed by atoms with Crippen LogP contribution in [0.4, 0.5) is 4.79 Å². The lowest BCUT2D eigenvalue weighted by Gasteiger charge is -2.27. The van der Waals surface area contributed by atoms with E-state index in [1.165, 1.54) is 31.4 Å². The molecule has 12 heteroatoms. The van der Waals surface area contributed by atoms with E-state index in [-0.39, 0.29) is 17.9 Å². The number of ether oxygens (including phenoxy) is 1. The number of rotatable bonds is 12. The first-order valence-corrected chi connectivity index (χ1v) is 13.0. The summed E-state index contributed by atoms with van der Waals surface area (Å²) in [7, 11) is -1.19. The van der Waals surface area contributed by atoms with Gasteiger partial charge in [0.1, 0.15) is 12.0 Å². The number of hydrogen-bond donors (Lipinski definition) is 3. The minimum atomic E-state index is -4.36. The van der Waals surface area contributed by atoms with Gasteiger partial charge < -0.3 is 20.2 Å². The molecule has 0 heterocycles. The van der Waals surface area contributed by atoms with E-state index >= 15 is 0 Å². The zero-order valence-electron chi connectivity index (χ0n) is 20.2. The largest absolute Gasteiger partial charge is 0.496 e. The van der Waals surface area contributed by atoms with Crippen molar-refractivity contribution >= 4 is 39.9 Å². The number of methoxy groups -OCH3 is 1. The summed E-state index contributed by atoms with van der Waals surface area (Å²) >= 11 is 6.12. The van der Waals surface area contributed by atoms with Crippen LogP contribution < -0.4 is 15.4 Å². The fourth-order valence-corrected chi connectivity index (χ4v) is 4.43. The van der Waals surface area contributed by atoms with Crippen LogP contribution >= 0.6 is 11.6 Å². The van der Waals surface area contributed by atoms with Crippen molar-refractivity contribution in [1.82, 2.24) is 15.5 Å². The minimum Gasteiger partial charge on any atom is -0.496 e. The summed E-state index contributed by atoms with van der Waals surface area (Å²) in [4.78, 5) is 38.5. The average Bonchev–Trinajstić information content (AvgIpc) is 2.84. The van der Waals surface area contributed by atoms with Crippen molar-refractivity contribution in [2.75, 3.05) is 27.2 Å². The highest BCUT2D eigenvalue weighted by molar-refractivity contribution is 7.85. The summed E-state index contributed by atoms with van der Waals surface area (Å²) in [6, 6.07) is 9.04. The average molecular weight is 540 g/mol. The number of nitrogens with one attached hydrogen (secondary N) is 2. The molecule has 2 aromatic carbocycles. The maximum absolute atomic E-state index is 13.4. The van der Waals surface area contributed by atoms with E-state index in [1.807, 2.05) is 0 Å². The molecule has 2 rings (SSSR count). The zero-order chi connectivity index (χ0) is 26.9. The fraction of sp³-hybridized carbons (Fsp3) is 0.375. The van der Waals surface area contributed by atoms with E-state index in [0.29, 0.717) is 34.6 Å². The maximum Gasteiger partial charge on any atom is 0.324 e. The number of nitrogens with zero attached hydrogens (tertiary/aromatic N) is 1. The molecule has 10 nitrogen and oxygen atoms in total.